The minimum atomic E-state index is 0.00998. The molecule has 0 radical (unpaired) electrons. The maximum absolute atomic E-state index is 11.8. The molecule has 132 valence electrons. The summed E-state index contributed by atoms with van der Waals surface area (Å²) in [6.07, 6.45) is 3.74. The number of amides is 1. The zero-order valence-electron chi connectivity index (χ0n) is 15.1. The first-order valence-corrected chi connectivity index (χ1v) is 9.38. The van der Waals surface area contributed by atoms with E-state index < -0.39 is 0 Å². The van der Waals surface area contributed by atoms with Gasteiger partial charge in [-0.25, -0.2) is 0 Å². The quantitative estimate of drug-likeness (QED) is 0.868. The zero-order chi connectivity index (χ0) is 17.5. The van der Waals surface area contributed by atoms with Crippen molar-refractivity contribution in [2.24, 2.45) is 5.92 Å². The van der Waals surface area contributed by atoms with Crippen LogP contribution in [0.2, 0.25) is 0 Å². The number of hydrogen-bond acceptors (Lipinski definition) is 2. The first kappa shape index (κ1) is 17.7. The van der Waals surface area contributed by atoms with Gasteiger partial charge in [-0.05, 0) is 68.5 Å². The van der Waals surface area contributed by atoms with E-state index in [4.69, 9.17) is 0 Å². The lowest BCUT2D eigenvalue weighted by Crippen LogP contribution is -2.33. The monoisotopic (exact) mass is 336 g/mol. The Hall–Kier alpha value is -2.13. The fourth-order valence-electron chi connectivity index (χ4n) is 3.58. The van der Waals surface area contributed by atoms with Crippen LogP contribution in [0.15, 0.2) is 54.6 Å². The van der Waals surface area contributed by atoms with E-state index in [0.717, 1.165) is 31.1 Å². The topological polar surface area (TPSA) is 32.3 Å². The molecule has 3 heteroatoms. The first-order chi connectivity index (χ1) is 12.2. The Morgan fingerprint density at radius 1 is 1.00 bits per heavy atom. The molecule has 1 amide bonds. The molecule has 25 heavy (non-hydrogen) atoms. The van der Waals surface area contributed by atoms with E-state index in [0.29, 0.717) is 6.54 Å². The summed E-state index contributed by atoms with van der Waals surface area (Å²) in [7, 11) is 0. The Morgan fingerprint density at radius 2 is 1.68 bits per heavy atom. The molecule has 3 nitrogen and oxygen atoms in total. The van der Waals surface area contributed by atoms with Gasteiger partial charge in [-0.3, -0.25) is 9.69 Å². The molecule has 0 saturated carbocycles. The van der Waals surface area contributed by atoms with Crippen LogP contribution in [-0.4, -0.2) is 30.4 Å². The Bertz CT molecular complexity index is 658. The van der Waals surface area contributed by atoms with E-state index in [9.17, 15) is 4.79 Å². The van der Waals surface area contributed by atoms with Gasteiger partial charge in [-0.15, -0.1) is 0 Å². The highest BCUT2D eigenvalue weighted by molar-refractivity contribution is 5.94. The number of nitrogens with one attached hydrogen (secondary N) is 1. The van der Waals surface area contributed by atoms with E-state index in [2.05, 4.69) is 52.7 Å². The Kier molecular flexibility index (Phi) is 6.24. The molecule has 1 saturated heterocycles. The van der Waals surface area contributed by atoms with Crippen molar-refractivity contribution in [1.29, 1.82) is 0 Å². The summed E-state index contributed by atoms with van der Waals surface area (Å²) < 4.78 is 0. The fraction of sp³-hybridized carbons (Fsp3) is 0.409. The van der Waals surface area contributed by atoms with Crippen LogP contribution in [0.3, 0.4) is 0 Å². The molecule has 0 atom stereocenters. The number of benzene rings is 2. The molecule has 3 rings (SSSR count). The van der Waals surface area contributed by atoms with Gasteiger partial charge in [0.2, 0.25) is 0 Å². The van der Waals surface area contributed by atoms with Crippen molar-refractivity contribution in [3.8, 4) is 0 Å². The number of carbonyl (C=O) groups is 1. The van der Waals surface area contributed by atoms with Crippen molar-refractivity contribution in [2.45, 2.75) is 32.7 Å². The summed E-state index contributed by atoms with van der Waals surface area (Å²) >= 11 is 0. The zero-order valence-corrected chi connectivity index (χ0v) is 15.1. The molecular weight excluding hydrogens is 308 g/mol. The number of likely N-dealkylation sites (tertiary alicyclic amines) is 1. The van der Waals surface area contributed by atoms with Crippen LogP contribution in [0.5, 0.6) is 0 Å². The van der Waals surface area contributed by atoms with Crippen molar-refractivity contribution in [3.63, 3.8) is 0 Å². The van der Waals surface area contributed by atoms with Gasteiger partial charge < -0.3 is 5.32 Å². The maximum atomic E-state index is 11.8. The lowest BCUT2D eigenvalue weighted by molar-refractivity contribution is 0.0956. The van der Waals surface area contributed by atoms with E-state index in [1.165, 1.54) is 30.4 Å². The van der Waals surface area contributed by atoms with Crippen molar-refractivity contribution < 1.29 is 4.79 Å². The van der Waals surface area contributed by atoms with Gasteiger partial charge in [-0.1, -0.05) is 42.5 Å². The third-order valence-corrected chi connectivity index (χ3v) is 5.03. The number of hydrogen-bond donors (Lipinski definition) is 1. The molecule has 1 N–H and O–H groups in total. The molecule has 2 aromatic carbocycles. The Morgan fingerprint density at radius 3 is 2.32 bits per heavy atom. The summed E-state index contributed by atoms with van der Waals surface area (Å²) in [5, 5.41) is 2.84. The molecule has 1 heterocycles. The molecular formula is C22H28N2O. The van der Waals surface area contributed by atoms with Gasteiger partial charge in [0, 0.05) is 18.7 Å². The van der Waals surface area contributed by atoms with Gasteiger partial charge in [0.25, 0.3) is 5.91 Å². The molecule has 0 bridgehead atoms. The van der Waals surface area contributed by atoms with E-state index >= 15 is 0 Å². The maximum Gasteiger partial charge on any atom is 0.251 e. The van der Waals surface area contributed by atoms with Crippen LogP contribution in [0.25, 0.3) is 0 Å². The van der Waals surface area contributed by atoms with Crippen molar-refractivity contribution in [2.75, 3.05) is 19.6 Å². The summed E-state index contributed by atoms with van der Waals surface area (Å²) in [6, 6.07) is 18.9. The number of nitrogens with zero attached hydrogens (tertiary/aromatic N) is 1. The van der Waals surface area contributed by atoms with Gasteiger partial charge in [0.05, 0.1) is 0 Å². The highest BCUT2D eigenvalue weighted by Crippen LogP contribution is 2.22. The molecule has 0 unspecified atom stereocenters. The second kappa shape index (κ2) is 8.82. The summed E-state index contributed by atoms with van der Waals surface area (Å²) in [6.45, 7) is 5.91. The van der Waals surface area contributed by atoms with Crippen molar-refractivity contribution >= 4 is 5.91 Å². The summed E-state index contributed by atoms with van der Waals surface area (Å²) in [5.74, 6) is 0.814. The molecule has 2 aromatic rings. The minimum Gasteiger partial charge on any atom is -0.352 e. The van der Waals surface area contributed by atoms with Gasteiger partial charge in [-0.2, -0.15) is 0 Å². The predicted octanol–water partition coefficient (Wildman–Crippen LogP) is 3.89. The molecule has 1 aliphatic heterocycles. The Balaban J connectivity index is 1.46. The fourth-order valence-corrected chi connectivity index (χ4v) is 3.58. The molecule has 1 fully saturated rings. The van der Waals surface area contributed by atoms with Crippen LogP contribution >= 0.6 is 0 Å². The molecule has 1 aliphatic rings. The van der Waals surface area contributed by atoms with Crippen LogP contribution in [0, 0.1) is 5.92 Å². The largest absolute Gasteiger partial charge is 0.352 e. The number of piperidine rings is 1. The number of rotatable bonds is 6. The van der Waals surface area contributed by atoms with Crippen molar-refractivity contribution in [1.82, 2.24) is 10.2 Å². The second-order valence-electron chi connectivity index (χ2n) is 6.97. The third kappa shape index (κ3) is 5.17. The first-order valence-electron chi connectivity index (χ1n) is 9.38. The highest BCUT2D eigenvalue weighted by atomic mass is 16.1. The van der Waals surface area contributed by atoms with E-state index in [-0.39, 0.29) is 5.91 Å². The normalized spacial score (nSPS) is 15.9. The number of carbonyl (C=O) groups excluding carboxylic acids is 1. The van der Waals surface area contributed by atoms with Gasteiger partial charge >= 0.3 is 0 Å². The summed E-state index contributed by atoms with van der Waals surface area (Å²) in [5.41, 5.74) is 3.49. The van der Waals surface area contributed by atoms with Crippen LogP contribution in [0.1, 0.15) is 41.3 Å². The van der Waals surface area contributed by atoms with E-state index in [1.54, 1.807) is 0 Å². The average molecular weight is 336 g/mol. The molecule has 0 spiro atoms. The smallest absolute Gasteiger partial charge is 0.251 e. The standard InChI is InChI=1S/C22H28N2O/c1-2-23-22(25)21-10-8-20(9-11-21)17-24-14-12-19(13-15-24)16-18-6-4-3-5-7-18/h3-11,19H,2,12-17H2,1H3,(H,23,25). The third-order valence-electron chi connectivity index (χ3n) is 5.03. The SMILES string of the molecule is CCNC(=O)c1ccc(CN2CCC(Cc3ccccc3)CC2)cc1. The lowest BCUT2D eigenvalue weighted by Gasteiger charge is -2.32. The molecule has 0 aromatic heterocycles. The Labute approximate surface area is 151 Å². The average Bonchev–Trinajstić information content (AvgIpc) is 2.65. The minimum absolute atomic E-state index is 0.00998. The van der Waals surface area contributed by atoms with E-state index in [1.807, 2.05) is 19.1 Å². The highest BCUT2D eigenvalue weighted by Gasteiger charge is 2.19. The van der Waals surface area contributed by atoms with Crippen molar-refractivity contribution in [3.05, 3.63) is 71.3 Å². The van der Waals surface area contributed by atoms with Gasteiger partial charge in [0.15, 0.2) is 0 Å². The van der Waals surface area contributed by atoms with Gasteiger partial charge in [0.1, 0.15) is 0 Å². The lowest BCUT2D eigenvalue weighted by atomic mass is 9.90. The predicted molar refractivity (Wildman–Crippen MR) is 103 cm³/mol. The second-order valence-corrected chi connectivity index (χ2v) is 6.97. The van der Waals surface area contributed by atoms with Crippen LogP contribution in [-0.2, 0) is 13.0 Å². The molecule has 0 aliphatic carbocycles. The van der Waals surface area contributed by atoms with Crippen LogP contribution < -0.4 is 5.32 Å². The van der Waals surface area contributed by atoms with Crippen LogP contribution in [0.4, 0.5) is 0 Å². The summed E-state index contributed by atoms with van der Waals surface area (Å²) in [4.78, 5) is 14.3.